The van der Waals surface area contributed by atoms with Crippen LogP contribution in [-0.2, 0) is 13.1 Å². The number of halogens is 1. The predicted octanol–water partition coefficient (Wildman–Crippen LogP) is 1.60. The zero-order valence-electron chi connectivity index (χ0n) is 10.3. The van der Waals surface area contributed by atoms with E-state index < -0.39 is 0 Å². The highest BCUT2D eigenvalue weighted by Gasteiger charge is 2.14. The Morgan fingerprint density at radius 2 is 1.39 bits per heavy atom. The van der Waals surface area contributed by atoms with Gasteiger partial charge in [-0.15, -0.1) is 0 Å². The highest BCUT2D eigenvalue weighted by atomic mass is 79.9. The Labute approximate surface area is 112 Å². The third-order valence-electron chi connectivity index (χ3n) is 2.80. The van der Waals surface area contributed by atoms with E-state index in [1.54, 1.807) is 24.3 Å². The molecule has 0 aliphatic heterocycles. The summed E-state index contributed by atoms with van der Waals surface area (Å²) in [6, 6.07) is 7.10. The fraction of sp³-hybridized carbons (Fsp3) is 0.333. The molecule has 0 radical (unpaired) electrons. The van der Waals surface area contributed by atoms with Crippen molar-refractivity contribution in [1.82, 2.24) is 13.9 Å². The molecule has 0 saturated heterocycles. The van der Waals surface area contributed by atoms with Crippen molar-refractivity contribution in [2.45, 2.75) is 26.9 Å². The zero-order chi connectivity index (χ0) is 13.3. The van der Waals surface area contributed by atoms with E-state index in [4.69, 9.17) is 0 Å². The SMILES string of the molecule is CCn1c(=O)n(-c2ccc(Br)cc2)c(=O)n1CC. The maximum atomic E-state index is 12.2. The Morgan fingerprint density at radius 3 is 1.78 bits per heavy atom. The maximum Gasteiger partial charge on any atom is 0.351 e. The second-order valence-electron chi connectivity index (χ2n) is 3.81. The van der Waals surface area contributed by atoms with E-state index >= 15 is 0 Å². The Kier molecular flexibility index (Phi) is 3.56. The topological polar surface area (TPSA) is 48.9 Å². The van der Waals surface area contributed by atoms with Gasteiger partial charge in [0.15, 0.2) is 0 Å². The standard InChI is InChI=1S/C12H14BrN3O2/c1-3-14-11(17)16(12(18)15(14)4-2)10-7-5-9(13)6-8-10/h5-8H,3-4H2,1-2H3. The van der Waals surface area contributed by atoms with Crippen molar-refractivity contribution < 1.29 is 0 Å². The van der Waals surface area contributed by atoms with E-state index in [0.717, 1.165) is 4.47 Å². The summed E-state index contributed by atoms with van der Waals surface area (Å²) in [6.07, 6.45) is 0. The first-order valence-electron chi connectivity index (χ1n) is 5.78. The summed E-state index contributed by atoms with van der Waals surface area (Å²) in [5, 5.41) is 0. The van der Waals surface area contributed by atoms with Crippen molar-refractivity contribution in [3.63, 3.8) is 0 Å². The lowest BCUT2D eigenvalue weighted by atomic mass is 10.3. The van der Waals surface area contributed by atoms with Crippen LogP contribution >= 0.6 is 15.9 Å². The third-order valence-corrected chi connectivity index (χ3v) is 3.33. The minimum atomic E-state index is -0.299. The minimum absolute atomic E-state index is 0.299. The van der Waals surface area contributed by atoms with Crippen molar-refractivity contribution >= 4 is 15.9 Å². The van der Waals surface area contributed by atoms with Crippen molar-refractivity contribution in [2.75, 3.05) is 0 Å². The summed E-state index contributed by atoms with van der Waals surface area (Å²) in [7, 11) is 0. The van der Waals surface area contributed by atoms with Crippen molar-refractivity contribution in [2.24, 2.45) is 0 Å². The van der Waals surface area contributed by atoms with Gasteiger partial charge in [0.05, 0.1) is 5.69 Å². The average molecular weight is 312 g/mol. The molecule has 96 valence electrons. The van der Waals surface area contributed by atoms with Gasteiger partial charge in [-0.25, -0.2) is 23.5 Å². The van der Waals surface area contributed by atoms with Crippen molar-refractivity contribution in [3.05, 3.63) is 49.7 Å². The largest absolute Gasteiger partial charge is 0.351 e. The molecule has 0 aliphatic carbocycles. The number of nitrogens with zero attached hydrogens (tertiary/aromatic N) is 3. The molecule has 2 aromatic rings. The Balaban J connectivity index is 2.73. The first kappa shape index (κ1) is 12.9. The van der Waals surface area contributed by atoms with Gasteiger partial charge >= 0.3 is 11.4 Å². The van der Waals surface area contributed by atoms with Crippen LogP contribution in [0, 0.1) is 0 Å². The number of hydrogen-bond acceptors (Lipinski definition) is 2. The molecule has 0 amide bonds. The molecule has 0 bridgehead atoms. The first-order chi connectivity index (χ1) is 8.60. The van der Waals surface area contributed by atoms with Crippen LogP contribution in [0.4, 0.5) is 0 Å². The summed E-state index contributed by atoms with van der Waals surface area (Å²) in [5.74, 6) is 0. The second-order valence-corrected chi connectivity index (χ2v) is 4.72. The molecule has 0 aliphatic rings. The van der Waals surface area contributed by atoms with E-state index in [0.29, 0.717) is 18.8 Å². The molecule has 1 heterocycles. The molecule has 0 fully saturated rings. The predicted molar refractivity (Wildman–Crippen MR) is 73.3 cm³/mol. The van der Waals surface area contributed by atoms with Gasteiger partial charge in [-0.05, 0) is 38.1 Å². The van der Waals surface area contributed by atoms with Gasteiger partial charge in [0.25, 0.3) is 0 Å². The quantitative estimate of drug-likeness (QED) is 0.864. The molecule has 6 heteroatoms. The lowest BCUT2D eigenvalue weighted by Crippen LogP contribution is -2.27. The van der Waals surface area contributed by atoms with Crippen LogP contribution in [0.1, 0.15) is 13.8 Å². The highest BCUT2D eigenvalue weighted by Crippen LogP contribution is 2.11. The molecule has 2 rings (SSSR count). The lowest BCUT2D eigenvalue weighted by Gasteiger charge is -2.01. The molecule has 0 N–H and O–H groups in total. The van der Waals surface area contributed by atoms with Crippen LogP contribution in [0.2, 0.25) is 0 Å². The highest BCUT2D eigenvalue weighted by molar-refractivity contribution is 9.10. The van der Waals surface area contributed by atoms with E-state index in [-0.39, 0.29) is 11.4 Å². The van der Waals surface area contributed by atoms with Crippen LogP contribution in [0.25, 0.3) is 5.69 Å². The zero-order valence-corrected chi connectivity index (χ0v) is 11.8. The van der Waals surface area contributed by atoms with Crippen LogP contribution in [0.15, 0.2) is 38.3 Å². The summed E-state index contributed by atoms with van der Waals surface area (Å²) >= 11 is 3.33. The van der Waals surface area contributed by atoms with Crippen LogP contribution in [-0.4, -0.2) is 13.9 Å². The van der Waals surface area contributed by atoms with Gasteiger partial charge in [0.1, 0.15) is 0 Å². The van der Waals surface area contributed by atoms with E-state index in [1.807, 2.05) is 13.8 Å². The molecule has 0 unspecified atom stereocenters. The average Bonchev–Trinajstić information content (AvgIpc) is 2.61. The molecule has 5 nitrogen and oxygen atoms in total. The Bertz CT molecular complexity index is 629. The van der Waals surface area contributed by atoms with E-state index in [9.17, 15) is 9.59 Å². The van der Waals surface area contributed by atoms with Gasteiger partial charge < -0.3 is 0 Å². The van der Waals surface area contributed by atoms with E-state index in [2.05, 4.69) is 15.9 Å². The number of hydrogen-bond donors (Lipinski definition) is 0. The van der Waals surface area contributed by atoms with Gasteiger partial charge in [-0.2, -0.15) is 0 Å². The Hall–Kier alpha value is -1.56. The second kappa shape index (κ2) is 4.97. The molecule has 1 aromatic heterocycles. The minimum Gasteiger partial charge on any atom is -0.246 e. The van der Waals surface area contributed by atoms with Crippen molar-refractivity contribution in [3.8, 4) is 5.69 Å². The molecular weight excluding hydrogens is 298 g/mol. The van der Waals surface area contributed by atoms with Gasteiger partial charge in [0, 0.05) is 17.6 Å². The van der Waals surface area contributed by atoms with Gasteiger partial charge in [-0.3, -0.25) is 0 Å². The molecule has 0 atom stereocenters. The molecule has 18 heavy (non-hydrogen) atoms. The molecule has 0 saturated carbocycles. The summed E-state index contributed by atoms with van der Waals surface area (Å²) in [6.45, 7) is 4.65. The maximum absolute atomic E-state index is 12.2. The fourth-order valence-electron chi connectivity index (χ4n) is 1.94. The van der Waals surface area contributed by atoms with Crippen LogP contribution in [0.3, 0.4) is 0 Å². The van der Waals surface area contributed by atoms with Crippen LogP contribution < -0.4 is 11.4 Å². The Morgan fingerprint density at radius 1 is 0.944 bits per heavy atom. The summed E-state index contributed by atoms with van der Waals surface area (Å²) in [4.78, 5) is 24.4. The molecule has 1 aromatic carbocycles. The van der Waals surface area contributed by atoms with Gasteiger partial charge in [-0.1, -0.05) is 15.9 Å². The van der Waals surface area contributed by atoms with Crippen molar-refractivity contribution in [1.29, 1.82) is 0 Å². The fourth-order valence-corrected chi connectivity index (χ4v) is 2.21. The smallest absolute Gasteiger partial charge is 0.246 e. The number of aromatic nitrogens is 3. The van der Waals surface area contributed by atoms with Crippen LogP contribution in [0.5, 0.6) is 0 Å². The monoisotopic (exact) mass is 311 g/mol. The van der Waals surface area contributed by atoms with Gasteiger partial charge in [0.2, 0.25) is 0 Å². The normalized spacial score (nSPS) is 10.8. The third kappa shape index (κ3) is 1.96. The number of benzene rings is 1. The molecule has 0 spiro atoms. The van der Waals surface area contributed by atoms with E-state index in [1.165, 1.54) is 13.9 Å². The molecular formula is C12H14BrN3O2. The lowest BCUT2D eigenvalue weighted by molar-refractivity contribution is 0.466. The summed E-state index contributed by atoms with van der Waals surface area (Å²) < 4.78 is 5.00. The first-order valence-corrected chi connectivity index (χ1v) is 6.58. The summed E-state index contributed by atoms with van der Waals surface area (Å²) in [5.41, 5.74) is -0.0130. The number of rotatable bonds is 3.